The molecule has 1 fully saturated rings. The lowest BCUT2D eigenvalue weighted by Gasteiger charge is -2.21. The lowest BCUT2D eigenvalue weighted by Crippen LogP contribution is -2.19. The summed E-state index contributed by atoms with van der Waals surface area (Å²) < 4.78 is 6.10. The van der Waals surface area contributed by atoms with Crippen molar-refractivity contribution >= 4 is 11.9 Å². The Balaban J connectivity index is 1.56. The van der Waals surface area contributed by atoms with Gasteiger partial charge < -0.3 is 9.64 Å². The Labute approximate surface area is 216 Å². The van der Waals surface area contributed by atoms with Crippen molar-refractivity contribution in [2.24, 2.45) is 0 Å². The van der Waals surface area contributed by atoms with Gasteiger partial charge in [0.15, 0.2) is 5.78 Å². The van der Waals surface area contributed by atoms with Crippen LogP contribution in [0.25, 0.3) is 17.2 Å². The average molecular weight is 482 g/mol. The summed E-state index contributed by atoms with van der Waals surface area (Å²) in [6, 6.07) is 21.1. The molecule has 188 valence electrons. The topological polar surface area (TPSA) is 29.5 Å². The van der Waals surface area contributed by atoms with Crippen LogP contribution in [0.15, 0.2) is 66.7 Å². The molecular formula is C33H39NO2. The molecule has 0 saturated heterocycles. The highest BCUT2D eigenvalue weighted by Crippen LogP contribution is 2.33. The van der Waals surface area contributed by atoms with Gasteiger partial charge in [-0.15, -0.1) is 0 Å². The molecule has 0 spiro atoms. The summed E-state index contributed by atoms with van der Waals surface area (Å²) in [5, 5.41) is 0. The van der Waals surface area contributed by atoms with Crippen LogP contribution in [0.2, 0.25) is 0 Å². The van der Waals surface area contributed by atoms with Gasteiger partial charge >= 0.3 is 0 Å². The summed E-state index contributed by atoms with van der Waals surface area (Å²) in [5.74, 6) is 1.45. The van der Waals surface area contributed by atoms with Crippen molar-refractivity contribution in [1.29, 1.82) is 0 Å². The molecule has 1 saturated carbocycles. The Hall–Kier alpha value is -3.17. The molecule has 0 unspecified atom stereocenters. The monoisotopic (exact) mass is 481 g/mol. The molecule has 0 atom stereocenters. The largest absolute Gasteiger partial charge is 0.492 e. The highest BCUT2D eigenvalue weighted by Gasteiger charge is 2.15. The number of benzene rings is 3. The van der Waals surface area contributed by atoms with Gasteiger partial charge in [0, 0.05) is 17.7 Å². The zero-order valence-corrected chi connectivity index (χ0v) is 22.2. The third-order valence-electron chi connectivity index (χ3n) is 7.05. The first-order chi connectivity index (χ1) is 17.4. The predicted molar refractivity (Wildman–Crippen MR) is 151 cm³/mol. The zero-order chi connectivity index (χ0) is 25.5. The van der Waals surface area contributed by atoms with Crippen LogP contribution in [-0.4, -0.2) is 37.9 Å². The van der Waals surface area contributed by atoms with E-state index < -0.39 is 0 Å². The molecule has 0 amide bonds. The Morgan fingerprint density at radius 1 is 0.889 bits per heavy atom. The highest BCUT2D eigenvalue weighted by atomic mass is 16.5. The van der Waals surface area contributed by atoms with Crippen LogP contribution in [0.4, 0.5) is 0 Å². The van der Waals surface area contributed by atoms with Crippen molar-refractivity contribution < 1.29 is 9.53 Å². The summed E-state index contributed by atoms with van der Waals surface area (Å²) in [4.78, 5) is 15.1. The van der Waals surface area contributed by atoms with Gasteiger partial charge in [0.1, 0.15) is 12.4 Å². The van der Waals surface area contributed by atoms with E-state index in [9.17, 15) is 4.79 Å². The fraction of sp³-hybridized carbons (Fsp3) is 0.364. The number of likely N-dealkylation sites (N-methyl/N-ethyl adjacent to an activating group) is 1. The highest BCUT2D eigenvalue weighted by molar-refractivity contribution is 6.07. The summed E-state index contributed by atoms with van der Waals surface area (Å²) in [6.07, 6.45) is 10.1. The second-order valence-electron chi connectivity index (χ2n) is 10.4. The van der Waals surface area contributed by atoms with Crippen molar-refractivity contribution in [3.05, 3.63) is 94.6 Å². The minimum Gasteiger partial charge on any atom is -0.492 e. The van der Waals surface area contributed by atoms with Crippen molar-refractivity contribution in [3.8, 4) is 16.9 Å². The smallest absolute Gasteiger partial charge is 0.185 e. The van der Waals surface area contributed by atoms with E-state index in [2.05, 4.69) is 61.2 Å². The van der Waals surface area contributed by atoms with Crippen LogP contribution >= 0.6 is 0 Å². The second-order valence-corrected chi connectivity index (χ2v) is 10.4. The molecule has 3 aromatic carbocycles. The van der Waals surface area contributed by atoms with E-state index in [0.29, 0.717) is 12.5 Å². The van der Waals surface area contributed by atoms with E-state index in [1.54, 1.807) is 6.08 Å². The lowest BCUT2D eigenvalue weighted by atomic mass is 9.84. The Bertz CT molecular complexity index is 1180. The number of ketones is 1. The molecule has 3 nitrogen and oxygen atoms in total. The number of hydrogen-bond donors (Lipinski definition) is 0. The van der Waals surface area contributed by atoms with Crippen molar-refractivity contribution in [3.63, 3.8) is 0 Å². The molecular weight excluding hydrogens is 442 g/mol. The molecule has 0 radical (unpaired) electrons. The first kappa shape index (κ1) is 25.9. The average Bonchev–Trinajstić information content (AvgIpc) is 2.87. The van der Waals surface area contributed by atoms with E-state index in [1.807, 2.05) is 38.4 Å². The molecule has 3 aromatic rings. The number of ether oxygens (including phenoxy) is 1. The molecule has 3 heteroatoms. The summed E-state index contributed by atoms with van der Waals surface area (Å²) >= 11 is 0. The third-order valence-corrected chi connectivity index (χ3v) is 7.05. The molecule has 4 rings (SSSR count). The second kappa shape index (κ2) is 12.2. The number of nitrogens with zero attached hydrogens (tertiary/aromatic N) is 1. The number of allylic oxidation sites excluding steroid dienone is 1. The number of carbonyl (C=O) groups excluding carboxylic acids is 1. The molecule has 36 heavy (non-hydrogen) atoms. The molecule has 0 aromatic heterocycles. The molecule has 1 aliphatic carbocycles. The van der Waals surface area contributed by atoms with E-state index in [0.717, 1.165) is 29.0 Å². The van der Waals surface area contributed by atoms with Crippen LogP contribution in [0, 0.1) is 13.8 Å². The van der Waals surface area contributed by atoms with Gasteiger partial charge in [-0.2, -0.15) is 0 Å². The maximum absolute atomic E-state index is 13.0. The Kier molecular flexibility index (Phi) is 8.77. The Morgan fingerprint density at radius 2 is 1.58 bits per heavy atom. The number of hydrogen-bond acceptors (Lipinski definition) is 3. The zero-order valence-electron chi connectivity index (χ0n) is 22.2. The molecule has 0 aliphatic heterocycles. The summed E-state index contributed by atoms with van der Waals surface area (Å²) in [7, 11) is 4.07. The fourth-order valence-corrected chi connectivity index (χ4v) is 5.09. The maximum atomic E-state index is 13.0. The van der Waals surface area contributed by atoms with Gasteiger partial charge in [-0.3, -0.25) is 4.79 Å². The van der Waals surface area contributed by atoms with Crippen molar-refractivity contribution in [2.45, 2.75) is 51.9 Å². The van der Waals surface area contributed by atoms with Crippen molar-refractivity contribution in [2.75, 3.05) is 27.2 Å². The quantitative estimate of drug-likeness (QED) is 0.230. The van der Waals surface area contributed by atoms with Crippen LogP contribution in [0.1, 0.15) is 70.6 Å². The molecule has 1 aliphatic rings. The first-order valence-electron chi connectivity index (χ1n) is 13.2. The van der Waals surface area contributed by atoms with Crippen LogP contribution < -0.4 is 4.74 Å². The van der Waals surface area contributed by atoms with E-state index >= 15 is 0 Å². The lowest BCUT2D eigenvalue weighted by molar-refractivity contribution is 0.104. The first-order valence-corrected chi connectivity index (χ1v) is 13.2. The minimum atomic E-state index is 0.0150. The minimum absolute atomic E-state index is 0.0150. The normalized spacial score (nSPS) is 14.5. The van der Waals surface area contributed by atoms with Gasteiger partial charge in [-0.05, 0) is 87.7 Å². The number of aryl methyl sites for hydroxylation is 2. The summed E-state index contributed by atoms with van der Waals surface area (Å²) in [5.41, 5.74) is 7.77. The van der Waals surface area contributed by atoms with Gasteiger partial charge in [0.05, 0.1) is 0 Å². The van der Waals surface area contributed by atoms with E-state index in [1.165, 1.54) is 54.4 Å². The van der Waals surface area contributed by atoms with Crippen molar-refractivity contribution in [1.82, 2.24) is 4.90 Å². The number of rotatable bonds is 9. The van der Waals surface area contributed by atoms with Gasteiger partial charge in [0.25, 0.3) is 0 Å². The molecule has 0 heterocycles. The third kappa shape index (κ3) is 6.95. The van der Waals surface area contributed by atoms with Crippen LogP contribution in [-0.2, 0) is 0 Å². The standard InChI is InChI=1S/C33H39NO2/c1-24-20-25(2)22-31(21-24)29-15-17-33(36-19-18-34(3)4)30(23-29)14-16-32(35)28-12-10-27(11-13-28)26-8-6-5-7-9-26/h10-17,20-23,26H,5-9,18-19H2,1-4H3. The predicted octanol–water partition coefficient (Wildman–Crippen LogP) is 7.85. The maximum Gasteiger partial charge on any atom is 0.185 e. The molecule has 0 bridgehead atoms. The van der Waals surface area contributed by atoms with E-state index in [-0.39, 0.29) is 5.78 Å². The fourth-order valence-electron chi connectivity index (χ4n) is 5.09. The SMILES string of the molecule is Cc1cc(C)cc(-c2ccc(OCCN(C)C)c(C=CC(=O)c3ccc(C4CCCCC4)cc3)c2)c1. The Morgan fingerprint density at radius 3 is 2.25 bits per heavy atom. The molecule has 0 N–H and O–H groups in total. The van der Waals surface area contributed by atoms with Gasteiger partial charge in [-0.1, -0.05) is 78.9 Å². The van der Waals surface area contributed by atoms with Gasteiger partial charge in [-0.25, -0.2) is 0 Å². The van der Waals surface area contributed by atoms with Crippen LogP contribution in [0.5, 0.6) is 5.75 Å². The van der Waals surface area contributed by atoms with Crippen LogP contribution in [0.3, 0.4) is 0 Å². The summed E-state index contributed by atoms with van der Waals surface area (Å²) in [6.45, 7) is 5.66. The van der Waals surface area contributed by atoms with E-state index in [4.69, 9.17) is 4.74 Å². The van der Waals surface area contributed by atoms with Gasteiger partial charge in [0.2, 0.25) is 0 Å². The number of carbonyl (C=O) groups is 1.